The summed E-state index contributed by atoms with van der Waals surface area (Å²) in [6.45, 7) is 5.03. The summed E-state index contributed by atoms with van der Waals surface area (Å²) in [5, 5.41) is 3.47. The average Bonchev–Trinajstić information content (AvgIpc) is 2.82. The third-order valence-corrected chi connectivity index (χ3v) is 4.72. The van der Waals surface area contributed by atoms with E-state index in [0.29, 0.717) is 0 Å². The van der Waals surface area contributed by atoms with E-state index < -0.39 is 0 Å². The Hall–Kier alpha value is -1.48. The topological polar surface area (TPSA) is 21.3 Å². The van der Waals surface area contributed by atoms with Crippen LogP contribution in [0.3, 0.4) is 0 Å². The number of halogens is 1. The van der Waals surface area contributed by atoms with Gasteiger partial charge in [-0.25, -0.2) is 0 Å². The second-order valence-electron chi connectivity index (χ2n) is 5.37. The van der Waals surface area contributed by atoms with Gasteiger partial charge in [-0.3, -0.25) is 0 Å². The molecule has 0 fully saturated rings. The number of fused-ring (bicyclic) bond motifs is 1. The molecule has 1 aliphatic rings. The summed E-state index contributed by atoms with van der Waals surface area (Å²) in [5.74, 6) is 1.03. The largest absolute Gasteiger partial charge is 0.488 e. The zero-order valence-corrected chi connectivity index (χ0v) is 13.3. The third kappa shape index (κ3) is 2.68. The monoisotopic (exact) mass is 331 g/mol. The molecule has 1 heterocycles. The molecule has 104 valence electrons. The van der Waals surface area contributed by atoms with Crippen molar-refractivity contribution in [3.8, 4) is 5.75 Å². The van der Waals surface area contributed by atoms with Crippen molar-refractivity contribution in [1.29, 1.82) is 0 Å². The van der Waals surface area contributed by atoms with E-state index in [0.717, 1.165) is 28.9 Å². The van der Waals surface area contributed by atoms with Gasteiger partial charge in [-0.05, 0) is 53.0 Å². The van der Waals surface area contributed by atoms with Gasteiger partial charge in [0.25, 0.3) is 0 Å². The summed E-state index contributed by atoms with van der Waals surface area (Å²) in [4.78, 5) is 0. The molecule has 3 heteroatoms. The number of anilines is 1. The van der Waals surface area contributed by atoms with E-state index in [4.69, 9.17) is 4.74 Å². The minimum Gasteiger partial charge on any atom is -0.488 e. The van der Waals surface area contributed by atoms with Gasteiger partial charge < -0.3 is 10.1 Å². The summed E-state index contributed by atoms with van der Waals surface area (Å²) in [6, 6.07) is 12.6. The molecule has 0 radical (unpaired) electrons. The Morgan fingerprint density at radius 2 is 2.10 bits per heavy atom. The van der Waals surface area contributed by atoms with Crippen LogP contribution in [0.1, 0.15) is 16.7 Å². The molecule has 2 aromatic rings. The minimum atomic E-state index is 0.208. The highest BCUT2D eigenvalue weighted by Crippen LogP contribution is 2.30. The van der Waals surface area contributed by atoms with Gasteiger partial charge in [0.05, 0.1) is 6.54 Å². The summed E-state index contributed by atoms with van der Waals surface area (Å²) in [5.41, 5.74) is 4.98. The van der Waals surface area contributed by atoms with Crippen LogP contribution < -0.4 is 10.1 Å². The van der Waals surface area contributed by atoms with Crippen molar-refractivity contribution >= 4 is 21.6 Å². The lowest BCUT2D eigenvalue weighted by atomic mass is 10.1. The number of hydrogen-bond donors (Lipinski definition) is 1. The first-order chi connectivity index (χ1) is 9.63. The van der Waals surface area contributed by atoms with Crippen molar-refractivity contribution in [2.45, 2.75) is 26.4 Å². The van der Waals surface area contributed by atoms with Gasteiger partial charge in [0.15, 0.2) is 0 Å². The summed E-state index contributed by atoms with van der Waals surface area (Å²) >= 11 is 3.62. The SMILES string of the molecule is Cc1ccc2c(c1)CC(CNc1cccc(C)c1Br)O2. The smallest absolute Gasteiger partial charge is 0.123 e. The van der Waals surface area contributed by atoms with Gasteiger partial charge in [-0.15, -0.1) is 0 Å². The maximum absolute atomic E-state index is 5.98. The molecule has 1 unspecified atom stereocenters. The number of ether oxygens (including phenoxy) is 1. The van der Waals surface area contributed by atoms with E-state index >= 15 is 0 Å². The lowest BCUT2D eigenvalue weighted by Gasteiger charge is -2.14. The Balaban J connectivity index is 1.65. The lowest BCUT2D eigenvalue weighted by Crippen LogP contribution is -2.24. The van der Waals surface area contributed by atoms with Crippen molar-refractivity contribution in [2.24, 2.45) is 0 Å². The van der Waals surface area contributed by atoms with E-state index in [1.807, 2.05) is 0 Å². The highest BCUT2D eigenvalue weighted by Gasteiger charge is 2.22. The normalized spacial score (nSPS) is 16.6. The summed E-state index contributed by atoms with van der Waals surface area (Å²) in [6.07, 6.45) is 1.19. The molecule has 0 saturated carbocycles. The van der Waals surface area contributed by atoms with Crippen LogP contribution in [0.15, 0.2) is 40.9 Å². The highest BCUT2D eigenvalue weighted by molar-refractivity contribution is 9.10. The van der Waals surface area contributed by atoms with Crippen LogP contribution in [0.5, 0.6) is 5.75 Å². The quantitative estimate of drug-likeness (QED) is 0.895. The fourth-order valence-corrected chi connectivity index (χ4v) is 2.98. The number of nitrogens with one attached hydrogen (secondary N) is 1. The molecule has 3 rings (SSSR count). The van der Waals surface area contributed by atoms with Gasteiger partial charge in [0, 0.05) is 16.6 Å². The zero-order valence-electron chi connectivity index (χ0n) is 11.7. The molecule has 1 N–H and O–H groups in total. The van der Waals surface area contributed by atoms with Gasteiger partial charge in [0.1, 0.15) is 11.9 Å². The van der Waals surface area contributed by atoms with E-state index in [1.54, 1.807) is 0 Å². The Kier molecular flexibility index (Phi) is 3.70. The van der Waals surface area contributed by atoms with Crippen LogP contribution in [-0.4, -0.2) is 12.6 Å². The number of rotatable bonds is 3. The molecule has 0 aliphatic carbocycles. The second kappa shape index (κ2) is 5.49. The first-order valence-electron chi connectivity index (χ1n) is 6.88. The molecular formula is C17H18BrNO. The van der Waals surface area contributed by atoms with Gasteiger partial charge in [0.2, 0.25) is 0 Å². The van der Waals surface area contributed by atoms with Crippen LogP contribution in [0.4, 0.5) is 5.69 Å². The van der Waals surface area contributed by atoms with Crippen LogP contribution in [-0.2, 0) is 6.42 Å². The van der Waals surface area contributed by atoms with Crippen molar-refractivity contribution < 1.29 is 4.74 Å². The zero-order chi connectivity index (χ0) is 14.1. The molecule has 2 aromatic carbocycles. The van der Waals surface area contributed by atoms with E-state index in [2.05, 4.69) is 71.5 Å². The Morgan fingerprint density at radius 1 is 1.25 bits per heavy atom. The average molecular weight is 332 g/mol. The minimum absolute atomic E-state index is 0.208. The Labute approximate surface area is 128 Å². The van der Waals surface area contributed by atoms with E-state index in [9.17, 15) is 0 Å². The predicted molar refractivity (Wildman–Crippen MR) is 86.7 cm³/mol. The molecule has 0 saturated heterocycles. The maximum Gasteiger partial charge on any atom is 0.123 e. The first-order valence-corrected chi connectivity index (χ1v) is 7.68. The van der Waals surface area contributed by atoms with E-state index in [1.165, 1.54) is 16.7 Å². The number of benzene rings is 2. The van der Waals surface area contributed by atoms with Gasteiger partial charge in [-0.1, -0.05) is 29.8 Å². The Bertz CT molecular complexity index is 639. The van der Waals surface area contributed by atoms with Crippen molar-refractivity contribution in [1.82, 2.24) is 0 Å². The lowest BCUT2D eigenvalue weighted by molar-refractivity contribution is 0.246. The fourth-order valence-electron chi connectivity index (χ4n) is 2.57. The standard InChI is InChI=1S/C17H18BrNO/c1-11-6-7-16-13(8-11)9-14(20-16)10-19-15-5-3-4-12(2)17(15)18/h3-8,14,19H,9-10H2,1-2H3. The van der Waals surface area contributed by atoms with Crippen molar-refractivity contribution in [3.63, 3.8) is 0 Å². The summed E-state index contributed by atoms with van der Waals surface area (Å²) in [7, 11) is 0. The Morgan fingerprint density at radius 3 is 2.95 bits per heavy atom. The molecule has 0 bridgehead atoms. The second-order valence-corrected chi connectivity index (χ2v) is 6.17. The highest BCUT2D eigenvalue weighted by atomic mass is 79.9. The number of aryl methyl sites for hydroxylation is 2. The van der Waals surface area contributed by atoms with Crippen LogP contribution in [0.2, 0.25) is 0 Å². The molecular weight excluding hydrogens is 314 g/mol. The van der Waals surface area contributed by atoms with Crippen molar-refractivity contribution in [3.05, 3.63) is 57.6 Å². The van der Waals surface area contributed by atoms with Crippen LogP contribution in [0, 0.1) is 13.8 Å². The van der Waals surface area contributed by atoms with Gasteiger partial charge in [-0.2, -0.15) is 0 Å². The van der Waals surface area contributed by atoms with Gasteiger partial charge >= 0.3 is 0 Å². The predicted octanol–water partition coefficient (Wildman–Crippen LogP) is 4.48. The molecule has 1 atom stereocenters. The first kappa shape index (κ1) is 13.5. The molecule has 0 amide bonds. The maximum atomic E-state index is 5.98. The molecule has 0 aromatic heterocycles. The molecule has 20 heavy (non-hydrogen) atoms. The summed E-state index contributed by atoms with van der Waals surface area (Å²) < 4.78 is 7.11. The molecule has 0 spiro atoms. The van der Waals surface area contributed by atoms with Crippen LogP contribution in [0.25, 0.3) is 0 Å². The van der Waals surface area contributed by atoms with Crippen LogP contribution >= 0.6 is 15.9 Å². The molecule has 1 aliphatic heterocycles. The third-order valence-electron chi connectivity index (χ3n) is 3.67. The van der Waals surface area contributed by atoms with E-state index in [-0.39, 0.29) is 6.10 Å². The molecule has 2 nitrogen and oxygen atoms in total. The fraction of sp³-hybridized carbons (Fsp3) is 0.294. The number of hydrogen-bond acceptors (Lipinski definition) is 2. The van der Waals surface area contributed by atoms with Crippen molar-refractivity contribution in [2.75, 3.05) is 11.9 Å².